The molecular formula is C13H13BrFN3. The van der Waals surface area contributed by atoms with Crippen LogP contribution >= 0.6 is 15.9 Å². The summed E-state index contributed by atoms with van der Waals surface area (Å²) in [5, 5.41) is 0. The fourth-order valence-corrected chi connectivity index (χ4v) is 2.04. The zero-order chi connectivity index (χ0) is 13.3. The normalized spacial score (nSPS) is 10.6. The van der Waals surface area contributed by atoms with Crippen molar-refractivity contribution in [2.75, 3.05) is 5.73 Å². The number of halogens is 2. The molecule has 1 heterocycles. The Morgan fingerprint density at radius 3 is 2.89 bits per heavy atom. The van der Waals surface area contributed by atoms with Gasteiger partial charge in [0.25, 0.3) is 0 Å². The summed E-state index contributed by atoms with van der Waals surface area (Å²) in [5.74, 6) is 0.975. The van der Waals surface area contributed by atoms with Crippen LogP contribution in [0.5, 0.6) is 0 Å². The van der Waals surface area contributed by atoms with Crippen molar-refractivity contribution in [3.63, 3.8) is 0 Å². The number of aromatic nitrogens is 2. The van der Waals surface area contributed by atoms with Crippen LogP contribution in [0.15, 0.2) is 35.3 Å². The van der Waals surface area contributed by atoms with Crippen molar-refractivity contribution in [2.45, 2.75) is 13.5 Å². The predicted molar refractivity (Wildman–Crippen MR) is 74.7 cm³/mol. The number of imidazole rings is 1. The first kappa shape index (κ1) is 12.8. The van der Waals surface area contributed by atoms with Crippen LogP contribution in [0.4, 0.5) is 10.2 Å². The molecule has 0 saturated carbocycles. The quantitative estimate of drug-likeness (QED) is 0.881. The van der Waals surface area contributed by atoms with E-state index in [0.717, 1.165) is 5.82 Å². The summed E-state index contributed by atoms with van der Waals surface area (Å²) < 4.78 is 15.8. The fourth-order valence-electron chi connectivity index (χ4n) is 1.80. The summed E-state index contributed by atoms with van der Waals surface area (Å²) in [5.41, 5.74) is 7.29. The molecular weight excluding hydrogens is 297 g/mol. The molecule has 94 valence electrons. The Kier molecular flexibility index (Phi) is 3.52. The van der Waals surface area contributed by atoms with Gasteiger partial charge in [0, 0.05) is 12.1 Å². The van der Waals surface area contributed by atoms with E-state index in [9.17, 15) is 4.39 Å². The Hall–Kier alpha value is -1.62. The molecule has 5 heteroatoms. The number of aryl methyl sites for hydroxylation is 1. The van der Waals surface area contributed by atoms with Gasteiger partial charge in [-0.2, -0.15) is 0 Å². The summed E-state index contributed by atoms with van der Waals surface area (Å²) in [4.78, 5) is 4.38. The summed E-state index contributed by atoms with van der Waals surface area (Å²) in [6, 6.07) is 4.84. The van der Waals surface area contributed by atoms with Crippen LogP contribution in [-0.4, -0.2) is 9.55 Å². The number of hydrogen-bond donors (Lipinski definition) is 1. The van der Waals surface area contributed by atoms with E-state index in [1.54, 1.807) is 18.2 Å². The third kappa shape index (κ3) is 2.18. The first-order valence-corrected chi connectivity index (χ1v) is 6.22. The van der Waals surface area contributed by atoms with Crippen molar-refractivity contribution in [1.29, 1.82) is 0 Å². The van der Waals surface area contributed by atoms with E-state index in [1.165, 1.54) is 6.07 Å². The Bertz CT molecular complexity index is 605. The van der Waals surface area contributed by atoms with Crippen LogP contribution in [0.2, 0.25) is 0 Å². The van der Waals surface area contributed by atoms with Gasteiger partial charge >= 0.3 is 0 Å². The van der Waals surface area contributed by atoms with Crippen molar-refractivity contribution in [1.82, 2.24) is 9.55 Å². The largest absolute Gasteiger partial charge is 0.383 e. The molecule has 0 amide bonds. The molecule has 0 saturated heterocycles. The molecule has 0 atom stereocenters. The lowest BCUT2D eigenvalue weighted by Crippen LogP contribution is -2.03. The van der Waals surface area contributed by atoms with E-state index in [-0.39, 0.29) is 5.82 Å². The molecule has 0 aliphatic heterocycles. The maximum absolute atomic E-state index is 13.5. The number of nitrogens with zero attached hydrogens (tertiary/aromatic N) is 2. The number of rotatable bonds is 3. The second-order valence-electron chi connectivity index (χ2n) is 3.92. The van der Waals surface area contributed by atoms with Crippen LogP contribution in [0.25, 0.3) is 11.3 Å². The molecule has 2 rings (SSSR count). The zero-order valence-electron chi connectivity index (χ0n) is 9.95. The van der Waals surface area contributed by atoms with Crippen molar-refractivity contribution in [2.24, 2.45) is 0 Å². The number of nitrogens with two attached hydrogens (primary N) is 1. The van der Waals surface area contributed by atoms with Crippen molar-refractivity contribution in [3.05, 3.63) is 47.0 Å². The first-order chi connectivity index (χ1) is 8.54. The van der Waals surface area contributed by atoms with Gasteiger partial charge in [-0.1, -0.05) is 12.1 Å². The maximum Gasteiger partial charge on any atom is 0.138 e. The number of benzene rings is 1. The van der Waals surface area contributed by atoms with Gasteiger partial charge in [-0.05, 0) is 35.0 Å². The van der Waals surface area contributed by atoms with E-state index in [2.05, 4.69) is 27.5 Å². The van der Waals surface area contributed by atoms with Crippen molar-refractivity contribution >= 4 is 21.7 Å². The van der Waals surface area contributed by atoms with E-state index in [0.29, 0.717) is 28.1 Å². The third-order valence-corrected chi connectivity index (χ3v) is 3.35. The van der Waals surface area contributed by atoms with Gasteiger partial charge < -0.3 is 10.3 Å². The lowest BCUT2D eigenvalue weighted by atomic mass is 10.1. The summed E-state index contributed by atoms with van der Waals surface area (Å²) in [6.45, 7) is 6.12. The van der Waals surface area contributed by atoms with Gasteiger partial charge in [-0.3, -0.25) is 0 Å². The topological polar surface area (TPSA) is 43.8 Å². The van der Waals surface area contributed by atoms with Gasteiger partial charge in [-0.25, -0.2) is 9.37 Å². The molecule has 1 aromatic heterocycles. The van der Waals surface area contributed by atoms with Gasteiger partial charge in [0.15, 0.2) is 0 Å². The number of allylic oxidation sites excluding steroid dienone is 1. The smallest absolute Gasteiger partial charge is 0.138 e. The molecule has 0 bridgehead atoms. The molecule has 0 unspecified atom stereocenters. The molecule has 3 nitrogen and oxygen atoms in total. The average Bonchev–Trinajstić information content (AvgIpc) is 2.61. The van der Waals surface area contributed by atoms with Gasteiger partial charge in [0.05, 0.1) is 4.47 Å². The van der Waals surface area contributed by atoms with Crippen LogP contribution in [0, 0.1) is 12.7 Å². The highest BCUT2D eigenvalue weighted by Gasteiger charge is 2.14. The second-order valence-corrected chi connectivity index (χ2v) is 4.78. The SMILES string of the molecule is C=CCn1c(C)nc(-c2ccc(Br)c(F)c2)c1N. The summed E-state index contributed by atoms with van der Waals surface area (Å²) >= 11 is 3.12. The summed E-state index contributed by atoms with van der Waals surface area (Å²) in [7, 11) is 0. The monoisotopic (exact) mass is 309 g/mol. The molecule has 2 N–H and O–H groups in total. The van der Waals surface area contributed by atoms with E-state index in [4.69, 9.17) is 5.73 Å². The minimum Gasteiger partial charge on any atom is -0.383 e. The number of nitrogen functional groups attached to an aromatic ring is 1. The van der Waals surface area contributed by atoms with E-state index in [1.807, 2.05) is 11.5 Å². The molecule has 2 aromatic rings. The lowest BCUT2D eigenvalue weighted by Gasteiger charge is -2.04. The highest BCUT2D eigenvalue weighted by Crippen LogP contribution is 2.28. The van der Waals surface area contributed by atoms with E-state index >= 15 is 0 Å². The zero-order valence-corrected chi connectivity index (χ0v) is 11.5. The van der Waals surface area contributed by atoms with Crippen LogP contribution in [-0.2, 0) is 6.54 Å². The molecule has 0 fully saturated rings. The number of hydrogen-bond acceptors (Lipinski definition) is 2. The van der Waals surface area contributed by atoms with Crippen LogP contribution < -0.4 is 5.73 Å². The predicted octanol–water partition coefficient (Wildman–Crippen LogP) is 3.53. The Balaban J connectivity index is 2.54. The highest BCUT2D eigenvalue weighted by molar-refractivity contribution is 9.10. The second kappa shape index (κ2) is 4.94. The van der Waals surface area contributed by atoms with E-state index < -0.39 is 0 Å². The minimum atomic E-state index is -0.331. The van der Waals surface area contributed by atoms with Gasteiger partial charge in [-0.15, -0.1) is 6.58 Å². The average molecular weight is 310 g/mol. The van der Waals surface area contributed by atoms with Crippen molar-refractivity contribution < 1.29 is 4.39 Å². The first-order valence-electron chi connectivity index (χ1n) is 5.43. The Morgan fingerprint density at radius 2 is 2.28 bits per heavy atom. The van der Waals surface area contributed by atoms with Crippen molar-refractivity contribution in [3.8, 4) is 11.3 Å². The molecule has 0 radical (unpaired) electrons. The Labute approximate surface area is 113 Å². The number of anilines is 1. The molecule has 1 aromatic carbocycles. The summed E-state index contributed by atoms with van der Waals surface area (Å²) in [6.07, 6.45) is 1.75. The maximum atomic E-state index is 13.5. The molecule has 0 aliphatic rings. The standard InChI is InChI=1S/C13H13BrFN3/c1-3-6-18-8(2)17-12(13(18)16)9-4-5-10(14)11(15)7-9/h3-5,7H,1,6,16H2,2H3. The molecule has 0 aliphatic carbocycles. The van der Waals surface area contributed by atoms with Crippen LogP contribution in [0.1, 0.15) is 5.82 Å². The Morgan fingerprint density at radius 1 is 1.56 bits per heavy atom. The van der Waals surface area contributed by atoms with Gasteiger partial charge in [0.1, 0.15) is 23.2 Å². The van der Waals surface area contributed by atoms with Gasteiger partial charge in [0.2, 0.25) is 0 Å². The van der Waals surface area contributed by atoms with Crippen LogP contribution in [0.3, 0.4) is 0 Å². The lowest BCUT2D eigenvalue weighted by molar-refractivity contribution is 0.621. The fraction of sp³-hybridized carbons (Fsp3) is 0.154. The molecule has 18 heavy (non-hydrogen) atoms. The highest BCUT2D eigenvalue weighted by atomic mass is 79.9. The minimum absolute atomic E-state index is 0.331. The molecule has 0 spiro atoms. The third-order valence-electron chi connectivity index (χ3n) is 2.70.